The van der Waals surface area contributed by atoms with Gasteiger partial charge < -0.3 is 14.6 Å². The third-order valence-corrected chi connectivity index (χ3v) is 4.77. The second-order valence-corrected chi connectivity index (χ2v) is 8.24. The zero-order valence-corrected chi connectivity index (χ0v) is 18.5. The molecule has 0 saturated heterocycles. The van der Waals surface area contributed by atoms with Crippen LogP contribution in [0, 0.1) is 5.92 Å². The maximum Gasteiger partial charge on any atom is 0.305 e. The van der Waals surface area contributed by atoms with Crippen LogP contribution in [0.25, 0.3) is 0 Å². The first-order valence-corrected chi connectivity index (χ1v) is 11.4. The fourth-order valence-corrected chi connectivity index (χ4v) is 2.97. The standard InChI is InChI=1S/C23H44O5/c1-4-5-6-9-13-16-22(25)27-18-21(24)19-28-23(26)17-14-11-8-7-10-12-15-20(2)3/h20-21,24H,4-19H2,1-3H3/t21-/m1/s1. The monoisotopic (exact) mass is 400 g/mol. The Hall–Kier alpha value is -1.10. The normalized spacial score (nSPS) is 12.2. The van der Waals surface area contributed by atoms with Crippen molar-refractivity contribution in [2.24, 2.45) is 5.92 Å². The van der Waals surface area contributed by atoms with E-state index in [0.29, 0.717) is 12.8 Å². The number of carbonyl (C=O) groups is 2. The van der Waals surface area contributed by atoms with Crippen LogP contribution in [0.1, 0.15) is 111 Å². The van der Waals surface area contributed by atoms with Gasteiger partial charge in [-0.05, 0) is 18.8 Å². The van der Waals surface area contributed by atoms with Gasteiger partial charge in [0.15, 0.2) is 0 Å². The molecule has 0 aromatic carbocycles. The number of ether oxygens (including phenoxy) is 2. The molecular formula is C23H44O5. The molecule has 0 aromatic rings. The van der Waals surface area contributed by atoms with Crippen molar-refractivity contribution in [3.8, 4) is 0 Å². The van der Waals surface area contributed by atoms with Gasteiger partial charge in [0.25, 0.3) is 0 Å². The lowest BCUT2D eigenvalue weighted by molar-refractivity contribution is -0.152. The quantitative estimate of drug-likeness (QED) is 0.227. The molecule has 0 unspecified atom stereocenters. The molecule has 166 valence electrons. The van der Waals surface area contributed by atoms with Crippen molar-refractivity contribution >= 4 is 11.9 Å². The smallest absolute Gasteiger partial charge is 0.305 e. The van der Waals surface area contributed by atoms with Gasteiger partial charge in [-0.15, -0.1) is 0 Å². The molecule has 1 N–H and O–H groups in total. The van der Waals surface area contributed by atoms with Gasteiger partial charge in [-0.2, -0.15) is 0 Å². The summed E-state index contributed by atoms with van der Waals surface area (Å²) in [5.74, 6) is 0.195. The maximum absolute atomic E-state index is 11.7. The Bertz CT molecular complexity index is 381. The fraction of sp³-hybridized carbons (Fsp3) is 0.913. The fourth-order valence-electron chi connectivity index (χ4n) is 2.97. The van der Waals surface area contributed by atoms with Gasteiger partial charge >= 0.3 is 11.9 Å². The van der Waals surface area contributed by atoms with Crippen molar-refractivity contribution in [2.75, 3.05) is 13.2 Å². The largest absolute Gasteiger partial charge is 0.463 e. The third-order valence-electron chi connectivity index (χ3n) is 4.77. The van der Waals surface area contributed by atoms with E-state index in [0.717, 1.165) is 44.4 Å². The number of hydrogen-bond donors (Lipinski definition) is 1. The van der Waals surface area contributed by atoms with Gasteiger partial charge in [0.05, 0.1) is 0 Å². The summed E-state index contributed by atoms with van der Waals surface area (Å²) in [5, 5.41) is 9.77. The summed E-state index contributed by atoms with van der Waals surface area (Å²) < 4.78 is 10.1. The van der Waals surface area contributed by atoms with Crippen LogP contribution in [0.5, 0.6) is 0 Å². The summed E-state index contributed by atoms with van der Waals surface area (Å²) in [6, 6.07) is 0. The average Bonchev–Trinajstić information content (AvgIpc) is 2.66. The van der Waals surface area contributed by atoms with E-state index in [1.165, 1.54) is 38.5 Å². The van der Waals surface area contributed by atoms with E-state index in [2.05, 4.69) is 20.8 Å². The highest BCUT2D eigenvalue weighted by molar-refractivity contribution is 5.69. The van der Waals surface area contributed by atoms with Gasteiger partial charge in [-0.3, -0.25) is 9.59 Å². The van der Waals surface area contributed by atoms with Crippen molar-refractivity contribution in [1.82, 2.24) is 0 Å². The van der Waals surface area contributed by atoms with E-state index >= 15 is 0 Å². The Balaban J connectivity index is 3.49. The number of carbonyl (C=O) groups excluding carboxylic acids is 2. The zero-order chi connectivity index (χ0) is 21.0. The first-order chi connectivity index (χ1) is 13.5. The van der Waals surface area contributed by atoms with Crippen molar-refractivity contribution in [1.29, 1.82) is 0 Å². The first kappa shape index (κ1) is 26.9. The lowest BCUT2D eigenvalue weighted by atomic mass is 10.0. The van der Waals surface area contributed by atoms with Gasteiger partial charge in [0, 0.05) is 12.8 Å². The lowest BCUT2D eigenvalue weighted by Crippen LogP contribution is -2.25. The molecular weight excluding hydrogens is 356 g/mol. The molecule has 1 atom stereocenters. The lowest BCUT2D eigenvalue weighted by Gasteiger charge is -2.12. The maximum atomic E-state index is 11.7. The van der Waals surface area contributed by atoms with E-state index in [4.69, 9.17) is 9.47 Å². The summed E-state index contributed by atoms with van der Waals surface area (Å²) in [5.41, 5.74) is 0. The molecule has 0 aliphatic rings. The zero-order valence-electron chi connectivity index (χ0n) is 18.5. The predicted octanol–water partition coefficient (Wildman–Crippen LogP) is 5.57. The van der Waals surface area contributed by atoms with Crippen molar-refractivity contribution in [3.63, 3.8) is 0 Å². The van der Waals surface area contributed by atoms with Gasteiger partial charge in [0.1, 0.15) is 19.3 Å². The Morgan fingerprint density at radius 2 is 1.14 bits per heavy atom. The highest BCUT2D eigenvalue weighted by Crippen LogP contribution is 2.12. The minimum Gasteiger partial charge on any atom is -0.463 e. The summed E-state index contributed by atoms with van der Waals surface area (Å²) in [6.45, 7) is 6.43. The number of hydrogen-bond acceptors (Lipinski definition) is 5. The molecule has 0 aliphatic carbocycles. The average molecular weight is 401 g/mol. The molecule has 0 aromatic heterocycles. The van der Waals surface area contributed by atoms with Crippen LogP contribution in [-0.4, -0.2) is 36.4 Å². The molecule has 0 fully saturated rings. The molecule has 0 heterocycles. The molecule has 0 saturated carbocycles. The minimum atomic E-state index is -0.950. The molecule has 5 nitrogen and oxygen atoms in total. The Morgan fingerprint density at radius 1 is 0.714 bits per heavy atom. The minimum absolute atomic E-state index is 0.113. The molecule has 5 heteroatoms. The first-order valence-electron chi connectivity index (χ1n) is 11.4. The molecule has 0 bridgehead atoms. The van der Waals surface area contributed by atoms with Crippen molar-refractivity contribution in [2.45, 2.75) is 117 Å². The molecule has 0 rings (SSSR count). The van der Waals surface area contributed by atoms with Crippen molar-refractivity contribution in [3.05, 3.63) is 0 Å². The van der Waals surface area contributed by atoms with Crippen LogP contribution in [0.2, 0.25) is 0 Å². The van der Waals surface area contributed by atoms with E-state index in [1.807, 2.05) is 0 Å². The second-order valence-electron chi connectivity index (χ2n) is 8.24. The third kappa shape index (κ3) is 19.7. The topological polar surface area (TPSA) is 72.8 Å². The van der Waals surface area contributed by atoms with Gasteiger partial charge in [-0.25, -0.2) is 0 Å². The van der Waals surface area contributed by atoms with Crippen LogP contribution in [0.4, 0.5) is 0 Å². The summed E-state index contributed by atoms with van der Waals surface area (Å²) in [7, 11) is 0. The Morgan fingerprint density at radius 3 is 1.61 bits per heavy atom. The van der Waals surface area contributed by atoms with E-state index in [1.54, 1.807) is 0 Å². The van der Waals surface area contributed by atoms with Gasteiger partial charge in [-0.1, -0.05) is 85.0 Å². The van der Waals surface area contributed by atoms with E-state index in [9.17, 15) is 14.7 Å². The molecule has 0 radical (unpaired) electrons. The number of aliphatic hydroxyl groups is 1. The number of aliphatic hydroxyl groups excluding tert-OH is 1. The molecule has 28 heavy (non-hydrogen) atoms. The number of unbranched alkanes of at least 4 members (excludes halogenated alkanes) is 9. The predicted molar refractivity (Wildman–Crippen MR) is 113 cm³/mol. The molecule has 0 amide bonds. The SMILES string of the molecule is CCCCCCCC(=O)OC[C@@H](O)COC(=O)CCCCCCCCC(C)C. The van der Waals surface area contributed by atoms with Crippen LogP contribution < -0.4 is 0 Å². The highest BCUT2D eigenvalue weighted by Gasteiger charge is 2.12. The summed E-state index contributed by atoms with van der Waals surface area (Å²) >= 11 is 0. The van der Waals surface area contributed by atoms with Crippen LogP contribution in [0.3, 0.4) is 0 Å². The highest BCUT2D eigenvalue weighted by atomic mass is 16.6. The van der Waals surface area contributed by atoms with Crippen molar-refractivity contribution < 1.29 is 24.2 Å². The summed E-state index contributed by atoms with van der Waals surface area (Å²) in [6.07, 6.45) is 13.3. The van der Waals surface area contributed by atoms with Crippen LogP contribution >= 0.6 is 0 Å². The van der Waals surface area contributed by atoms with E-state index in [-0.39, 0.29) is 25.2 Å². The van der Waals surface area contributed by atoms with Crippen LogP contribution in [-0.2, 0) is 19.1 Å². The summed E-state index contributed by atoms with van der Waals surface area (Å²) in [4.78, 5) is 23.3. The van der Waals surface area contributed by atoms with Crippen LogP contribution in [0.15, 0.2) is 0 Å². The molecule has 0 spiro atoms. The number of esters is 2. The molecule has 0 aliphatic heterocycles. The van der Waals surface area contributed by atoms with Gasteiger partial charge in [0.2, 0.25) is 0 Å². The Labute approximate surface area is 172 Å². The van der Waals surface area contributed by atoms with E-state index < -0.39 is 6.10 Å². The number of rotatable bonds is 19. The second kappa shape index (κ2) is 19.2. The Kier molecular flexibility index (Phi) is 18.5.